The quantitative estimate of drug-likeness (QED) is 0.537. The Bertz CT molecular complexity index is 133. The van der Waals surface area contributed by atoms with Gasteiger partial charge in [0.25, 0.3) is 0 Å². The highest BCUT2D eigenvalue weighted by Gasteiger charge is 2.16. The molecule has 0 aliphatic rings. The van der Waals surface area contributed by atoms with Crippen LogP contribution in [0.2, 0.25) is 19.1 Å². The number of amides is 1. The van der Waals surface area contributed by atoms with Crippen molar-refractivity contribution in [1.82, 2.24) is 5.32 Å². The minimum Gasteiger partial charge on any atom is -0.359 e. The molecule has 4 heteroatoms. The maximum absolute atomic E-state index is 10.8. The molecule has 0 heterocycles. The highest BCUT2D eigenvalue weighted by atomic mass is 35.6. The molecule has 0 aromatic carbocycles. The monoisotopic (exact) mass is 193 g/mol. The molecule has 11 heavy (non-hydrogen) atoms. The van der Waals surface area contributed by atoms with Crippen LogP contribution >= 0.6 is 11.1 Å². The topological polar surface area (TPSA) is 29.1 Å². The molecular formula is C7H16ClNOSi. The minimum atomic E-state index is -1.44. The van der Waals surface area contributed by atoms with Crippen molar-refractivity contribution >= 4 is 24.4 Å². The lowest BCUT2D eigenvalue weighted by molar-refractivity contribution is -0.120. The van der Waals surface area contributed by atoms with Crippen LogP contribution in [-0.2, 0) is 4.79 Å². The van der Waals surface area contributed by atoms with Crippen molar-refractivity contribution < 1.29 is 4.79 Å². The van der Waals surface area contributed by atoms with Gasteiger partial charge in [0.05, 0.1) is 0 Å². The van der Waals surface area contributed by atoms with Gasteiger partial charge >= 0.3 is 0 Å². The first-order valence-electron chi connectivity index (χ1n) is 3.85. The molecule has 1 N–H and O–H groups in total. The number of hydrogen-bond donors (Lipinski definition) is 1. The number of halogens is 1. The fraction of sp³-hybridized carbons (Fsp3) is 0.857. The van der Waals surface area contributed by atoms with Crippen LogP contribution in [0.1, 0.15) is 12.8 Å². The van der Waals surface area contributed by atoms with Gasteiger partial charge in [0, 0.05) is 13.5 Å². The molecule has 0 saturated carbocycles. The summed E-state index contributed by atoms with van der Waals surface area (Å²) < 4.78 is 0. The van der Waals surface area contributed by atoms with Gasteiger partial charge in [-0.3, -0.25) is 4.79 Å². The predicted octanol–water partition coefficient (Wildman–Crippen LogP) is 1.96. The Morgan fingerprint density at radius 1 is 1.55 bits per heavy atom. The van der Waals surface area contributed by atoms with Gasteiger partial charge in [-0.2, -0.15) is 11.1 Å². The Balaban J connectivity index is 3.35. The van der Waals surface area contributed by atoms with E-state index in [-0.39, 0.29) is 5.91 Å². The van der Waals surface area contributed by atoms with E-state index in [1.165, 1.54) is 0 Å². The van der Waals surface area contributed by atoms with Crippen LogP contribution in [-0.4, -0.2) is 20.3 Å². The summed E-state index contributed by atoms with van der Waals surface area (Å²) in [5.41, 5.74) is 0. The van der Waals surface area contributed by atoms with Crippen LogP contribution in [0, 0.1) is 0 Å². The van der Waals surface area contributed by atoms with Crippen molar-refractivity contribution in [3.05, 3.63) is 0 Å². The number of rotatable bonds is 4. The maximum Gasteiger partial charge on any atom is 0.219 e. The molecular weight excluding hydrogens is 178 g/mol. The van der Waals surface area contributed by atoms with E-state index in [1.54, 1.807) is 7.05 Å². The van der Waals surface area contributed by atoms with Gasteiger partial charge in [-0.15, -0.1) is 0 Å². The van der Waals surface area contributed by atoms with Crippen LogP contribution in [0.15, 0.2) is 0 Å². The Morgan fingerprint density at radius 2 is 2.09 bits per heavy atom. The van der Waals surface area contributed by atoms with Crippen molar-refractivity contribution in [3.8, 4) is 0 Å². The fourth-order valence-electron chi connectivity index (χ4n) is 0.794. The number of carbonyl (C=O) groups is 1. The Hall–Kier alpha value is -0.0231. The molecule has 0 fully saturated rings. The first-order valence-corrected chi connectivity index (χ1v) is 8.07. The summed E-state index contributed by atoms with van der Waals surface area (Å²) in [4.78, 5) is 10.8. The molecule has 0 aromatic heterocycles. The molecule has 0 aromatic rings. The predicted molar refractivity (Wildman–Crippen MR) is 51.4 cm³/mol. The van der Waals surface area contributed by atoms with Crippen molar-refractivity contribution in [2.45, 2.75) is 32.0 Å². The molecule has 0 aliphatic carbocycles. The zero-order valence-corrected chi connectivity index (χ0v) is 9.16. The van der Waals surface area contributed by atoms with E-state index in [9.17, 15) is 4.79 Å². The average molecular weight is 194 g/mol. The third-order valence-electron chi connectivity index (χ3n) is 1.45. The van der Waals surface area contributed by atoms with Gasteiger partial charge in [-0.25, -0.2) is 0 Å². The highest BCUT2D eigenvalue weighted by molar-refractivity contribution is 7.19. The molecule has 0 saturated heterocycles. The molecule has 66 valence electrons. The molecule has 1 amide bonds. The average Bonchev–Trinajstić information content (AvgIpc) is 1.85. The maximum atomic E-state index is 10.8. The van der Waals surface area contributed by atoms with Gasteiger partial charge in [0.1, 0.15) is 0 Å². The fourth-order valence-corrected chi connectivity index (χ4v) is 2.21. The van der Waals surface area contributed by atoms with E-state index in [4.69, 9.17) is 11.1 Å². The summed E-state index contributed by atoms with van der Waals surface area (Å²) in [5.74, 6) is 0.111. The molecule has 2 nitrogen and oxygen atoms in total. The Labute approximate surface area is 74.0 Å². The van der Waals surface area contributed by atoms with Crippen LogP contribution < -0.4 is 5.32 Å². The van der Waals surface area contributed by atoms with Crippen LogP contribution in [0.3, 0.4) is 0 Å². The number of carbonyl (C=O) groups excluding carboxylic acids is 1. The number of nitrogens with one attached hydrogen (secondary N) is 1. The van der Waals surface area contributed by atoms with E-state index >= 15 is 0 Å². The highest BCUT2D eigenvalue weighted by Crippen LogP contribution is 2.17. The summed E-state index contributed by atoms with van der Waals surface area (Å²) in [5, 5.41) is 2.58. The van der Waals surface area contributed by atoms with E-state index in [1.807, 2.05) is 0 Å². The molecule has 0 atom stereocenters. The van der Waals surface area contributed by atoms with Crippen LogP contribution in [0.4, 0.5) is 0 Å². The molecule has 0 radical (unpaired) electrons. The SMILES string of the molecule is CNC(=O)CCC[Si](C)(C)Cl. The van der Waals surface area contributed by atoms with E-state index in [0.29, 0.717) is 6.42 Å². The second-order valence-corrected chi connectivity index (χ2v) is 10.3. The lowest BCUT2D eigenvalue weighted by Crippen LogP contribution is -2.20. The third-order valence-corrected chi connectivity index (χ3v) is 3.56. The van der Waals surface area contributed by atoms with Crippen molar-refractivity contribution in [1.29, 1.82) is 0 Å². The molecule has 0 spiro atoms. The third kappa shape index (κ3) is 7.88. The van der Waals surface area contributed by atoms with Gasteiger partial charge in [-0.1, -0.05) is 13.1 Å². The van der Waals surface area contributed by atoms with Crippen LogP contribution in [0.5, 0.6) is 0 Å². The van der Waals surface area contributed by atoms with Gasteiger partial charge in [0.15, 0.2) is 7.38 Å². The molecule has 0 unspecified atom stereocenters. The first-order chi connectivity index (χ1) is 4.95. The zero-order valence-electron chi connectivity index (χ0n) is 7.41. The largest absolute Gasteiger partial charge is 0.359 e. The summed E-state index contributed by atoms with van der Waals surface area (Å²) >= 11 is 6.07. The first kappa shape index (κ1) is 11.0. The van der Waals surface area contributed by atoms with Crippen molar-refractivity contribution in [2.24, 2.45) is 0 Å². The van der Waals surface area contributed by atoms with Crippen molar-refractivity contribution in [2.75, 3.05) is 7.05 Å². The van der Waals surface area contributed by atoms with E-state index < -0.39 is 7.38 Å². The summed E-state index contributed by atoms with van der Waals surface area (Å²) in [6, 6.07) is 1.02. The van der Waals surface area contributed by atoms with E-state index in [2.05, 4.69) is 18.4 Å². The standard InChI is InChI=1S/C7H16ClNOSi/c1-9-7(10)5-4-6-11(2,3)8/h4-6H2,1-3H3,(H,9,10). The molecule has 0 rings (SSSR count). The second-order valence-electron chi connectivity index (χ2n) is 3.25. The lowest BCUT2D eigenvalue weighted by atomic mass is 10.3. The van der Waals surface area contributed by atoms with Gasteiger partial charge in [-0.05, 0) is 12.5 Å². The Morgan fingerprint density at radius 3 is 2.45 bits per heavy atom. The summed E-state index contributed by atoms with van der Waals surface area (Å²) in [6.07, 6.45) is 1.53. The summed E-state index contributed by atoms with van der Waals surface area (Å²) in [7, 11) is 0.214. The molecule has 0 bridgehead atoms. The van der Waals surface area contributed by atoms with E-state index in [0.717, 1.165) is 12.5 Å². The lowest BCUT2D eigenvalue weighted by Gasteiger charge is -2.11. The Kier molecular flexibility index (Phi) is 4.76. The minimum absolute atomic E-state index is 0.111. The zero-order chi connectivity index (χ0) is 8.91. The van der Waals surface area contributed by atoms with Crippen molar-refractivity contribution in [3.63, 3.8) is 0 Å². The number of hydrogen-bond acceptors (Lipinski definition) is 1. The summed E-state index contributed by atoms with van der Waals surface area (Å²) in [6.45, 7) is 4.19. The van der Waals surface area contributed by atoms with Gasteiger partial charge in [0.2, 0.25) is 5.91 Å². The van der Waals surface area contributed by atoms with Gasteiger partial charge < -0.3 is 5.32 Å². The molecule has 0 aliphatic heterocycles. The smallest absolute Gasteiger partial charge is 0.219 e. The van der Waals surface area contributed by atoms with Crippen LogP contribution in [0.25, 0.3) is 0 Å². The normalized spacial score (nSPS) is 11.3. The second kappa shape index (κ2) is 4.77.